The fourth-order valence-electron chi connectivity index (χ4n) is 13.2. The molecule has 0 unspecified atom stereocenters. The second-order valence-electron chi connectivity index (χ2n) is 26.9. The van der Waals surface area contributed by atoms with E-state index in [1.54, 1.807) is 0 Å². The van der Waals surface area contributed by atoms with Crippen LogP contribution in [0.15, 0.2) is 0 Å². The minimum absolute atomic E-state index is 0.852. The Morgan fingerprint density at radius 1 is 0.250 bits per heavy atom. The first-order valence-corrected chi connectivity index (χ1v) is 30.2. The highest BCUT2D eigenvalue weighted by Crippen LogP contribution is 2.44. The lowest BCUT2D eigenvalue weighted by molar-refractivity contribution is 0.122. The van der Waals surface area contributed by atoms with Gasteiger partial charge in [-0.15, -0.1) is 0 Å². The van der Waals surface area contributed by atoms with Gasteiger partial charge in [0.1, 0.15) is 0 Å². The van der Waals surface area contributed by atoms with Gasteiger partial charge in [-0.1, -0.05) is 240 Å². The summed E-state index contributed by atoms with van der Waals surface area (Å²) in [5, 5.41) is 0. The first-order valence-electron chi connectivity index (χ1n) is 30.2. The molecule has 386 valence electrons. The molecule has 64 heavy (non-hydrogen) atoms. The maximum Gasteiger partial charge on any atom is -0.0381 e. The van der Waals surface area contributed by atoms with Crippen LogP contribution >= 0.6 is 0 Å². The second kappa shape index (κ2) is 39.8. The SMILES string of the molecule is CC(C)CC(CC(C)C)CC(CC(CC(C)C)CC(C)C)C1CCC1.CC(C)CC(CC(C)C)CC(CC(CC(C)C)CC(C)C)C1CCCC1.CCCCCCCCCCCCC. The summed E-state index contributed by atoms with van der Waals surface area (Å²) in [4.78, 5) is 0. The van der Waals surface area contributed by atoms with Crippen molar-refractivity contribution in [3.05, 3.63) is 0 Å². The van der Waals surface area contributed by atoms with Gasteiger partial charge in [-0.05, 0) is 172 Å². The van der Waals surface area contributed by atoms with Crippen LogP contribution < -0.4 is 0 Å². The molecule has 0 aliphatic heterocycles. The number of hydrogen-bond donors (Lipinski definition) is 0. The Hall–Kier alpha value is 0. The van der Waals surface area contributed by atoms with Crippen LogP contribution in [-0.2, 0) is 0 Å². The highest BCUT2D eigenvalue weighted by atomic mass is 14.4. The Bertz CT molecular complexity index is 853. The van der Waals surface area contributed by atoms with Crippen LogP contribution in [0.2, 0.25) is 0 Å². The van der Waals surface area contributed by atoms with Gasteiger partial charge in [0.15, 0.2) is 0 Å². The van der Waals surface area contributed by atoms with Gasteiger partial charge in [-0.25, -0.2) is 0 Å². The number of unbranched alkanes of at least 4 members (excludes halogenated alkanes) is 10. The summed E-state index contributed by atoms with van der Waals surface area (Å²) in [6.45, 7) is 43.4. The molecule has 0 heterocycles. The summed E-state index contributed by atoms with van der Waals surface area (Å²) in [7, 11) is 0. The van der Waals surface area contributed by atoms with E-state index in [0.717, 1.165) is 94.7 Å². The van der Waals surface area contributed by atoms with Crippen LogP contribution in [0.25, 0.3) is 0 Å². The van der Waals surface area contributed by atoms with Gasteiger partial charge in [0.25, 0.3) is 0 Å². The van der Waals surface area contributed by atoms with Crippen LogP contribution in [0.3, 0.4) is 0 Å². The molecular weight excluding hydrogens is 769 g/mol. The molecule has 0 radical (unpaired) electrons. The first-order chi connectivity index (χ1) is 30.2. The standard InChI is InChI=1S/C26H52.C25H50.C13H28/c1-19(2)13-23(14-20(3)4)17-26(25-11-9-10-12-25)18-24(15-21(5)6)16-22(7)8;1-18(2)12-22(13-19(3)4)16-25(24-10-9-11-24)17-23(14-20(5)6)15-21(7)8;1-3-5-7-9-11-13-12-10-8-6-4-2/h19-26H,9-18H2,1-8H3;18-25H,9-17H2,1-8H3;3-13H2,1-2H3. The van der Waals surface area contributed by atoms with Crippen LogP contribution in [0.4, 0.5) is 0 Å². The summed E-state index contributed by atoms with van der Waals surface area (Å²) in [6.07, 6.45) is 44.2. The van der Waals surface area contributed by atoms with E-state index in [-0.39, 0.29) is 0 Å². The Morgan fingerprint density at radius 2 is 0.438 bits per heavy atom. The van der Waals surface area contributed by atoms with Crippen LogP contribution in [0.1, 0.15) is 317 Å². The van der Waals surface area contributed by atoms with Crippen molar-refractivity contribution in [2.75, 3.05) is 0 Å². The zero-order valence-corrected chi connectivity index (χ0v) is 48.5. The Morgan fingerprint density at radius 3 is 0.594 bits per heavy atom. The number of hydrogen-bond acceptors (Lipinski definition) is 0. The molecule has 0 aromatic carbocycles. The van der Waals surface area contributed by atoms with Gasteiger partial charge >= 0.3 is 0 Å². The van der Waals surface area contributed by atoms with Gasteiger partial charge in [0.2, 0.25) is 0 Å². The summed E-state index contributed by atoms with van der Waals surface area (Å²) in [5.74, 6) is 14.8. The van der Waals surface area contributed by atoms with E-state index in [4.69, 9.17) is 0 Å². The van der Waals surface area contributed by atoms with Crippen LogP contribution in [0, 0.1) is 94.7 Å². The van der Waals surface area contributed by atoms with Crippen molar-refractivity contribution >= 4 is 0 Å². The van der Waals surface area contributed by atoms with E-state index in [1.165, 1.54) is 193 Å². The van der Waals surface area contributed by atoms with Crippen molar-refractivity contribution in [2.24, 2.45) is 94.7 Å². The van der Waals surface area contributed by atoms with Crippen molar-refractivity contribution in [1.82, 2.24) is 0 Å². The van der Waals surface area contributed by atoms with Gasteiger partial charge < -0.3 is 0 Å². The molecular formula is C64H130. The smallest absolute Gasteiger partial charge is 0.0381 e. The molecule has 2 rings (SSSR count). The van der Waals surface area contributed by atoms with E-state index in [1.807, 2.05) is 0 Å². The molecule has 0 N–H and O–H groups in total. The van der Waals surface area contributed by atoms with Gasteiger partial charge in [0.05, 0.1) is 0 Å². The Kier molecular flexibility index (Phi) is 39.8. The zero-order valence-electron chi connectivity index (χ0n) is 48.5. The summed E-state index contributed by atoms with van der Waals surface area (Å²) in [5.41, 5.74) is 0. The summed E-state index contributed by atoms with van der Waals surface area (Å²) < 4.78 is 0. The second-order valence-corrected chi connectivity index (χ2v) is 26.9. The van der Waals surface area contributed by atoms with Crippen LogP contribution in [-0.4, -0.2) is 0 Å². The Labute approximate surface area is 410 Å². The van der Waals surface area contributed by atoms with Crippen molar-refractivity contribution in [2.45, 2.75) is 317 Å². The quantitative estimate of drug-likeness (QED) is 0.0550. The molecule has 0 spiro atoms. The van der Waals surface area contributed by atoms with Crippen molar-refractivity contribution in [3.8, 4) is 0 Å². The average molecular weight is 900 g/mol. The zero-order chi connectivity index (χ0) is 48.5. The molecule has 2 aliphatic rings. The molecule has 2 saturated carbocycles. The molecule has 0 nitrogen and oxygen atoms in total. The highest BCUT2D eigenvalue weighted by Gasteiger charge is 2.33. The maximum absolute atomic E-state index is 2.43. The van der Waals surface area contributed by atoms with E-state index < -0.39 is 0 Å². The number of rotatable bonds is 36. The molecule has 0 atom stereocenters. The van der Waals surface area contributed by atoms with Gasteiger partial charge in [-0.2, -0.15) is 0 Å². The molecule has 2 fully saturated rings. The molecule has 0 aromatic rings. The van der Waals surface area contributed by atoms with Crippen molar-refractivity contribution < 1.29 is 0 Å². The van der Waals surface area contributed by atoms with Gasteiger partial charge in [-0.3, -0.25) is 0 Å². The minimum atomic E-state index is 0.852. The monoisotopic (exact) mass is 899 g/mol. The van der Waals surface area contributed by atoms with E-state index in [0.29, 0.717) is 0 Å². The summed E-state index contributed by atoms with van der Waals surface area (Å²) in [6, 6.07) is 0. The largest absolute Gasteiger partial charge is 0.0654 e. The van der Waals surface area contributed by atoms with Crippen molar-refractivity contribution in [3.63, 3.8) is 0 Å². The first kappa shape index (κ1) is 64.0. The van der Waals surface area contributed by atoms with Crippen LogP contribution in [0.5, 0.6) is 0 Å². The van der Waals surface area contributed by atoms with Crippen molar-refractivity contribution in [1.29, 1.82) is 0 Å². The topological polar surface area (TPSA) is 0 Å². The molecule has 0 aromatic heterocycles. The predicted octanol–water partition coefficient (Wildman–Crippen LogP) is 22.9. The third-order valence-electron chi connectivity index (χ3n) is 15.6. The lowest BCUT2D eigenvalue weighted by atomic mass is 9.67. The van der Waals surface area contributed by atoms with Gasteiger partial charge in [0, 0.05) is 0 Å². The van der Waals surface area contributed by atoms with E-state index >= 15 is 0 Å². The average Bonchev–Trinajstić information content (AvgIpc) is 3.67. The molecule has 0 saturated heterocycles. The molecule has 2 aliphatic carbocycles. The third kappa shape index (κ3) is 37.0. The Balaban J connectivity index is 0.000000983. The lowest BCUT2D eigenvalue weighted by Crippen LogP contribution is -2.28. The van der Waals surface area contributed by atoms with E-state index in [9.17, 15) is 0 Å². The van der Waals surface area contributed by atoms with E-state index in [2.05, 4.69) is 125 Å². The molecule has 0 heteroatoms. The lowest BCUT2D eigenvalue weighted by Gasteiger charge is -2.39. The summed E-state index contributed by atoms with van der Waals surface area (Å²) >= 11 is 0. The normalized spacial score (nSPS) is 15.4. The predicted molar refractivity (Wildman–Crippen MR) is 296 cm³/mol. The maximum atomic E-state index is 2.43. The molecule has 0 bridgehead atoms. The fourth-order valence-corrected chi connectivity index (χ4v) is 13.2. The highest BCUT2D eigenvalue weighted by molar-refractivity contribution is 4.84. The fraction of sp³-hybridized carbons (Fsp3) is 1.00. The molecule has 0 amide bonds. The third-order valence-corrected chi connectivity index (χ3v) is 15.6. The minimum Gasteiger partial charge on any atom is -0.0654 e.